The summed E-state index contributed by atoms with van der Waals surface area (Å²) >= 11 is 0. The van der Waals surface area contributed by atoms with Crippen molar-refractivity contribution in [3.8, 4) is 0 Å². The van der Waals surface area contributed by atoms with Crippen molar-refractivity contribution in [2.24, 2.45) is 0 Å². The number of urea groups is 1. The molecule has 0 unspecified atom stereocenters. The van der Waals surface area contributed by atoms with Crippen molar-refractivity contribution in [3.63, 3.8) is 0 Å². The van der Waals surface area contributed by atoms with Gasteiger partial charge in [-0.15, -0.1) is 0 Å². The van der Waals surface area contributed by atoms with Crippen molar-refractivity contribution in [3.05, 3.63) is 64.7 Å². The Labute approximate surface area is 171 Å². The average Bonchev–Trinajstić information content (AvgIpc) is 2.88. The largest absolute Gasteiger partial charge is 0.348 e. The van der Waals surface area contributed by atoms with Gasteiger partial charge in [-0.25, -0.2) is 4.79 Å². The number of carbonyl (C=O) groups excluding carboxylic acids is 3. The van der Waals surface area contributed by atoms with Gasteiger partial charge in [0.25, 0.3) is 5.91 Å². The lowest BCUT2D eigenvalue weighted by Gasteiger charge is -2.20. The minimum Gasteiger partial charge on any atom is -0.348 e. The number of rotatable bonds is 5. The zero-order valence-electron chi connectivity index (χ0n) is 17.5. The van der Waals surface area contributed by atoms with Crippen LogP contribution in [0.3, 0.4) is 0 Å². The third kappa shape index (κ3) is 4.16. The third-order valence-corrected chi connectivity index (χ3v) is 5.47. The summed E-state index contributed by atoms with van der Waals surface area (Å²) in [5.41, 5.74) is 5.03. The number of nitrogens with zero attached hydrogens (tertiary/aromatic N) is 2. The van der Waals surface area contributed by atoms with Crippen LogP contribution >= 0.6 is 0 Å². The van der Waals surface area contributed by atoms with Gasteiger partial charge in [0.05, 0.1) is 6.04 Å². The van der Waals surface area contributed by atoms with Gasteiger partial charge in [0, 0.05) is 5.69 Å². The van der Waals surface area contributed by atoms with Crippen LogP contribution < -0.4 is 10.2 Å². The molecule has 1 aliphatic rings. The van der Waals surface area contributed by atoms with Gasteiger partial charge in [-0.3, -0.25) is 19.4 Å². The fraction of sp³-hybridized carbons (Fsp3) is 0.348. The van der Waals surface area contributed by atoms with Gasteiger partial charge in [0.2, 0.25) is 5.91 Å². The molecule has 2 aromatic rings. The quantitative estimate of drug-likeness (QED) is 0.789. The summed E-state index contributed by atoms with van der Waals surface area (Å²) in [4.78, 5) is 40.5. The molecule has 1 N–H and O–H groups in total. The van der Waals surface area contributed by atoms with Crippen LogP contribution in [-0.2, 0) is 9.59 Å². The summed E-state index contributed by atoms with van der Waals surface area (Å²) < 4.78 is 0. The fourth-order valence-electron chi connectivity index (χ4n) is 3.46. The third-order valence-electron chi connectivity index (χ3n) is 5.47. The highest BCUT2D eigenvalue weighted by Crippen LogP contribution is 2.26. The van der Waals surface area contributed by atoms with Crippen molar-refractivity contribution in [2.45, 2.75) is 46.7 Å². The highest BCUT2D eigenvalue weighted by Gasteiger charge is 2.44. The zero-order valence-corrected chi connectivity index (χ0v) is 17.5. The maximum atomic E-state index is 12.8. The summed E-state index contributed by atoms with van der Waals surface area (Å²) in [6, 6.07) is 12.1. The highest BCUT2D eigenvalue weighted by atomic mass is 16.2. The van der Waals surface area contributed by atoms with Crippen LogP contribution in [0.4, 0.5) is 10.5 Å². The lowest BCUT2D eigenvalue weighted by atomic mass is 10.0. The topological polar surface area (TPSA) is 69.7 Å². The first-order valence-electron chi connectivity index (χ1n) is 9.76. The molecule has 0 radical (unpaired) electrons. The molecule has 0 spiro atoms. The molecule has 0 aromatic heterocycles. The number of nitrogens with one attached hydrogen (secondary N) is 1. The highest BCUT2D eigenvalue weighted by molar-refractivity contribution is 6.15. The Kier molecular flexibility index (Phi) is 5.73. The van der Waals surface area contributed by atoms with Crippen LogP contribution in [0.25, 0.3) is 0 Å². The van der Waals surface area contributed by atoms with Gasteiger partial charge in [-0.2, -0.15) is 0 Å². The van der Waals surface area contributed by atoms with E-state index in [1.807, 2.05) is 70.2 Å². The lowest BCUT2D eigenvalue weighted by Crippen LogP contribution is -2.42. The number of benzene rings is 2. The molecule has 0 aliphatic carbocycles. The minimum atomic E-state index is -0.643. The molecule has 0 bridgehead atoms. The number of carbonyl (C=O) groups is 3. The summed E-state index contributed by atoms with van der Waals surface area (Å²) in [7, 11) is 0. The molecule has 29 heavy (non-hydrogen) atoms. The first-order valence-corrected chi connectivity index (χ1v) is 9.76. The van der Waals surface area contributed by atoms with Crippen LogP contribution in [0.15, 0.2) is 42.5 Å². The Balaban J connectivity index is 1.69. The fourth-order valence-corrected chi connectivity index (χ4v) is 3.46. The van der Waals surface area contributed by atoms with E-state index in [4.69, 9.17) is 0 Å². The normalized spacial score (nSPS) is 17.6. The average molecular weight is 393 g/mol. The smallest absolute Gasteiger partial charge is 0.332 e. The van der Waals surface area contributed by atoms with Crippen LogP contribution in [0.2, 0.25) is 0 Å². The predicted molar refractivity (Wildman–Crippen MR) is 113 cm³/mol. The van der Waals surface area contributed by atoms with Crippen molar-refractivity contribution in [2.75, 3.05) is 11.4 Å². The van der Waals surface area contributed by atoms with Gasteiger partial charge in [0.15, 0.2) is 0 Å². The van der Waals surface area contributed by atoms with Gasteiger partial charge < -0.3 is 5.32 Å². The van der Waals surface area contributed by atoms with Crippen LogP contribution in [-0.4, -0.2) is 35.3 Å². The van der Waals surface area contributed by atoms with Gasteiger partial charge in [-0.1, -0.05) is 35.9 Å². The van der Waals surface area contributed by atoms with E-state index in [0.717, 1.165) is 21.6 Å². The molecular formula is C23H27N3O3. The first kappa shape index (κ1) is 20.6. The van der Waals surface area contributed by atoms with Crippen molar-refractivity contribution in [1.82, 2.24) is 10.2 Å². The molecule has 1 heterocycles. The van der Waals surface area contributed by atoms with Crippen LogP contribution in [0, 0.1) is 20.8 Å². The van der Waals surface area contributed by atoms with E-state index in [1.54, 1.807) is 6.92 Å². The number of amides is 4. The Bertz CT molecular complexity index is 952. The maximum absolute atomic E-state index is 12.8. The second-order valence-electron chi connectivity index (χ2n) is 7.72. The Morgan fingerprint density at radius 1 is 1.03 bits per heavy atom. The standard InChI is InChI=1S/C23H27N3O3/c1-14-6-10-20(11-7-14)26-18(5)22(28)25(23(26)29)13-21(27)24-17(4)19-9-8-15(2)16(3)12-19/h6-12,17-18H,13H2,1-5H3,(H,24,27)/t17-,18+/m0/s1. The molecule has 0 saturated carbocycles. The summed E-state index contributed by atoms with van der Waals surface area (Å²) in [6.45, 7) is 9.29. The van der Waals surface area contributed by atoms with E-state index in [9.17, 15) is 14.4 Å². The van der Waals surface area contributed by atoms with Gasteiger partial charge in [-0.05, 0) is 63.4 Å². The van der Waals surface area contributed by atoms with E-state index in [2.05, 4.69) is 5.32 Å². The second kappa shape index (κ2) is 8.07. The Morgan fingerprint density at radius 2 is 1.69 bits per heavy atom. The maximum Gasteiger partial charge on any atom is 0.332 e. The summed E-state index contributed by atoms with van der Waals surface area (Å²) in [5, 5.41) is 2.88. The van der Waals surface area contributed by atoms with Crippen molar-refractivity contribution < 1.29 is 14.4 Å². The van der Waals surface area contributed by atoms with E-state index >= 15 is 0 Å². The number of aryl methyl sites for hydroxylation is 3. The number of imide groups is 1. The SMILES string of the molecule is Cc1ccc(N2C(=O)N(CC(=O)N[C@@H](C)c3ccc(C)c(C)c3)C(=O)[C@H]2C)cc1. The summed E-state index contributed by atoms with van der Waals surface area (Å²) in [5.74, 6) is -0.736. The molecule has 3 rings (SSSR count). The van der Waals surface area contributed by atoms with E-state index in [0.29, 0.717) is 5.69 Å². The van der Waals surface area contributed by atoms with E-state index < -0.39 is 12.1 Å². The first-order chi connectivity index (χ1) is 13.7. The molecule has 4 amide bonds. The summed E-state index contributed by atoms with van der Waals surface area (Å²) in [6.07, 6.45) is 0. The number of hydrogen-bond acceptors (Lipinski definition) is 3. The minimum absolute atomic E-state index is 0.222. The molecule has 2 aromatic carbocycles. The molecule has 1 saturated heterocycles. The molecular weight excluding hydrogens is 366 g/mol. The van der Waals surface area contributed by atoms with E-state index in [-0.39, 0.29) is 24.4 Å². The molecule has 1 aliphatic heterocycles. The van der Waals surface area contributed by atoms with Gasteiger partial charge in [0.1, 0.15) is 12.6 Å². The van der Waals surface area contributed by atoms with Gasteiger partial charge >= 0.3 is 6.03 Å². The molecule has 2 atom stereocenters. The second-order valence-corrected chi connectivity index (χ2v) is 7.72. The van der Waals surface area contributed by atoms with Crippen LogP contribution in [0.5, 0.6) is 0 Å². The number of hydrogen-bond donors (Lipinski definition) is 1. The Morgan fingerprint density at radius 3 is 2.31 bits per heavy atom. The molecule has 6 heteroatoms. The number of anilines is 1. The van der Waals surface area contributed by atoms with Crippen LogP contribution in [0.1, 0.15) is 42.1 Å². The molecule has 6 nitrogen and oxygen atoms in total. The van der Waals surface area contributed by atoms with Crippen molar-refractivity contribution >= 4 is 23.5 Å². The predicted octanol–water partition coefficient (Wildman–Crippen LogP) is 3.65. The molecule has 1 fully saturated rings. The zero-order chi connectivity index (χ0) is 21.3. The Hall–Kier alpha value is -3.15. The monoisotopic (exact) mass is 393 g/mol. The lowest BCUT2D eigenvalue weighted by molar-refractivity contribution is -0.132. The molecule has 152 valence electrons. The van der Waals surface area contributed by atoms with E-state index in [1.165, 1.54) is 10.5 Å². The van der Waals surface area contributed by atoms with Crippen molar-refractivity contribution in [1.29, 1.82) is 0 Å².